The molecule has 1 saturated heterocycles. The van der Waals surface area contributed by atoms with E-state index in [-0.39, 0.29) is 0 Å². The van der Waals surface area contributed by atoms with Crippen molar-refractivity contribution in [2.45, 2.75) is 32.6 Å². The van der Waals surface area contributed by atoms with Gasteiger partial charge in [-0.05, 0) is 37.2 Å². The number of piperidine rings is 1. The van der Waals surface area contributed by atoms with Crippen LogP contribution < -0.4 is 4.90 Å². The predicted molar refractivity (Wildman–Crippen MR) is 55.4 cm³/mol. The molecule has 0 bridgehead atoms. The topological polar surface area (TPSA) is 29.0 Å². The molecule has 0 amide bonds. The van der Waals surface area contributed by atoms with E-state index in [1.165, 1.54) is 19.3 Å². The summed E-state index contributed by atoms with van der Waals surface area (Å²) >= 11 is 1.54. The quantitative estimate of drug-likeness (QED) is 0.727. The third kappa shape index (κ3) is 1.99. The number of anilines is 1. The number of aryl methyl sites for hydroxylation is 1. The Morgan fingerprint density at radius 3 is 2.69 bits per heavy atom. The Kier molecular flexibility index (Phi) is 2.78. The van der Waals surface area contributed by atoms with Crippen LogP contribution in [0.4, 0.5) is 5.95 Å². The Hall–Kier alpha value is -0.640. The molecule has 0 spiro atoms. The summed E-state index contributed by atoms with van der Waals surface area (Å²) < 4.78 is 4.37. The average molecular weight is 197 g/mol. The maximum Gasteiger partial charge on any atom is 0.237 e. The fourth-order valence-electron chi connectivity index (χ4n) is 1.61. The van der Waals surface area contributed by atoms with Gasteiger partial charge in [0.05, 0.1) is 0 Å². The molecular weight excluding hydrogens is 182 g/mol. The highest BCUT2D eigenvalue weighted by Crippen LogP contribution is 2.18. The number of hydrogen-bond acceptors (Lipinski definition) is 4. The van der Waals surface area contributed by atoms with Crippen LogP contribution in [-0.2, 0) is 6.42 Å². The van der Waals surface area contributed by atoms with Gasteiger partial charge in [0.1, 0.15) is 5.01 Å². The molecule has 2 rings (SSSR count). The van der Waals surface area contributed by atoms with Crippen LogP contribution in [0.2, 0.25) is 0 Å². The normalized spacial score (nSPS) is 17.8. The molecule has 0 N–H and O–H groups in total. The molecule has 72 valence electrons. The minimum Gasteiger partial charge on any atom is -0.340 e. The van der Waals surface area contributed by atoms with E-state index in [1.807, 2.05) is 0 Å². The molecule has 1 aromatic rings. The van der Waals surface area contributed by atoms with Gasteiger partial charge in [0.15, 0.2) is 0 Å². The largest absolute Gasteiger partial charge is 0.340 e. The third-order valence-corrected chi connectivity index (χ3v) is 3.24. The fraction of sp³-hybridized carbons (Fsp3) is 0.778. The van der Waals surface area contributed by atoms with Gasteiger partial charge >= 0.3 is 0 Å². The molecule has 1 aromatic heterocycles. The lowest BCUT2D eigenvalue weighted by Gasteiger charge is -2.24. The second kappa shape index (κ2) is 4.05. The van der Waals surface area contributed by atoms with E-state index in [0.717, 1.165) is 30.5 Å². The molecular formula is C9H15N3S. The van der Waals surface area contributed by atoms with Gasteiger partial charge < -0.3 is 4.90 Å². The van der Waals surface area contributed by atoms with Crippen molar-refractivity contribution in [3.05, 3.63) is 5.01 Å². The van der Waals surface area contributed by atoms with E-state index in [1.54, 1.807) is 11.5 Å². The molecule has 2 heterocycles. The van der Waals surface area contributed by atoms with Gasteiger partial charge in [-0.25, -0.2) is 4.98 Å². The maximum absolute atomic E-state index is 4.49. The highest BCUT2D eigenvalue weighted by molar-refractivity contribution is 7.05. The summed E-state index contributed by atoms with van der Waals surface area (Å²) in [6.07, 6.45) is 4.95. The molecule has 1 aliphatic heterocycles. The lowest BCUT2D eigenvalue weighted by Crippen LogP contribution is -2.30. The molecule has 1 fully saturated rings. The monoisotopic (exact) mass is 197 g/mol. The molecule has 0 saturated carbocycles. The molecule has 0 atom stereocenters. The molecule has 0 radical (unpaired) electrons. The van der Waals surface area contributed by atoms with E-state index < -0.39 is 0 Å². The molecule has 4 heteroatoms. The first-order valence-corrected chi connectivity index (χ1v) is 5.75. The Morgan fingerprint density at radius 2 is 2.08 bits per heavy atom. The van der Waals surface area contributed by atoms with Gasteiger partial charge in [-0.1, -0.05) is 6.92 Å². The Labute approximate surface area is 83.0 Å². The Balaban J connectivity index is 2.05. The highest BCUT2D eigenvalue weighted by Gasteiger charge is 2.14. The minimum atomic E-state index is 0.960. The van der Waals surface area contributed by atoms with Crippen molar-refractivity contribution in [2.75, 3.05) is 18.0 Å². The van der Waals surface area contributed by atoms with Gasteiger partial charge in [-0.2, -0.15) is 4.37 Å². The van der Waals surface area contributed by atoms with Crippen molar-refractivity contribution in [3.8, 4) is 0 Å². The summed E-state index contributed by atoms with van der Waals surface area (Å²) in [5.41, 5.74) is 0. The highest BCUT2D eigenvalue weighted by atomic mass is 32.1. The van der Waals surface area contributed by atoms with Crippen molar-refractivity contribution in [3.63, 3.8) is 0 Å². The predicted octanol–water partition coefficient (Wildman–Crippen LogP) is 2.09. The van der Waals surface area contributed by atoms with Crippen LogP contribution in [0.25, 0.3) is 0 Å². The summed E-state index contributed by atoms with van der Waals surface area (Å²) in [6.45, 7) is 4.40. The van der Waals surface area contributed by atoms with E-state index >= 15 is 0 Å². The molecule has 0 aliphatic carbocycles. The van der Waals surface area contributed by atoms with Crippen molar-refractivity contribution >= 4 is 17.5 Å². The Bertz CT molecular complexity index is 266. The number of aromatic nitrogens is 2. The summed E-state index contributed by atoms with van der Waals surface area (Å²) in [5.74, 6) is 0.960. The zero-order valence-corrected chi connectivity index (χ0v) is 8.81. The van der Waals surface area contributed by atoms with E-state index in [2.05, 4.69) is 21.2 Å². The average Bonchev–Trinajstić information content (AvgIpc) is 2.67. The summed E-state index contributed by atoms with van der Waals surface area (Å²) in [6, 6.07) is 0. The lowest BCUT2D eigenvalue weighted by atomic mass is 10.1. The second-order valence-electron chi connectivity index (χ2n) is 3.39. The van der Waals surface area contributed by atoms with Gasteiger partial charge in [0, 0.05) is 13.1 Å². The first kappa shape index (κ1) is 8.94. The molecule has 3 nitrogen and oxygen atoms in total. The molecule has 0 aromatic carbocycles. The van der Waals surface area contributed by atoms with Crippen molar-refractivity contribution in [1.29, 1.82) is 0 Å². The third-order valence-electron chi connectivity index (χ3n) is 2.40. The van der Waals surface area contributed by atoms with Gasteiger partial charge in [0.2, 0.25) is 5.95 Å². The van der Waals surface area contributed by atoms with Crippen LogP contribution in [0.15, 0.2) is 0 Å². The maximum atomic E-state index is 4.49. The van der Waals surface area contributed by atoms with Crippen LogP contribution in [0.3, 0.4) is 0 Å². The van der Waals surface area contributed by atoms with E-state index in [0.29, 0.717) is 0 Å². The molecule has 1 aliphatic rings. The lowest BCUT2D eigenvalue weighted by molar-refractivity contribution is 0.570. The Morgan fingerprint density at radius 1 is 1.31 bits per heavy atom. The fourth-order valence-corrected chi connectivity index (χ4v) is 2.21. The van der Waals surface area contributed by atoms with Crippen LogP contribution in [0.5, 0.6) is 0 Å². The van der Waals surface area contributed by atoms with Gasteiger partial charge in [-0.3, -0.25) is 0 Å². The van der Waals surface area contributed by atoms with Crippen LogP contribution in [0, 0.1) is 0 Å². The van der Waals surface area contributed by atoms with Gasteiger partial charge in [0.25, 0.3) is 0 Å². The summed E-state index contributed by atoms with van der Waals surface area (Å²) in [7, 11) is 0. The standard InChI is InChI=1S/C9H15N3S/c1-2-8-10-9(11-13-8)12-6-4-3-5-7-12/h2-7H2,1H3. The molecule has 13 heavy (non-hydrogen) atoms. The zero-order valence-electron chi connectivity index (χ0n) is 7.99. The van der Waals surface area contributed by atoms with Crippen LogP contribution >= 0.6 is 11.5 Å². The smallest absolute Gasteiger partial charge is 0.237 e. The second-order valence-corrected chi connectivity index (χ2v) is 4.23. The number of hydrogen-bond donors (Lipinski definition) is 0. The van der Waals surface area contributed by atoms with E-state index in [4.69, 9.17) is 0 Å². The minimum absolute atomic E-state index is 0.960. The van der Waals surface area contributed by atoms with Crippen molar-refractivity contribution < 1.29 is 0 Å². The summed E-state index contributed by atoms with van der Waals surface area (Å²) in [4.78, 5) is 6.79. The van der Waals surface area contributed by atoms with Crippen molar-refractivity contribution in [2.24, 2.45) is 0 Å². The zero-order chi connectivity index (χ0) is 9.10. The first-order chi connectivity index (χ1) is 6.40. The number of rotatable bonds is 2. The van der Waals surface area contributed by atoms with Crippen LogP contribution in [0.1, 0.15) is 31.2 Å². The SMILES string of the molecule is CCc1nc(N2CCCCC2)ns1. The number of nitrogens with zero attached hydrogens (tertiary/aromatic N) is 3. The first-order valence-electron chi connectivity index (χ1n) is 4.97. The van der Waals surface area contributed by atoms with Crippen molar-refractivity contribution in [1.82, 2.24) is 9.36 Å². The van der Waals surface area contributed by atoms with Gasteiger partial charge in [-0.15, -0.1) is 0 Å². The summed E-state index contributed by atoms with van der Waals surface area (Å²) in [5, 5.41) is 1.15. The van der Waals surface area contributed by atoms with Crippen LogP contribution in [-0.4, -0.2) is 22.4 Å². The van der Waals surface area contributed by atoms with E-state index in [9.17, 15) is 0 Å². The molecule has 0 unspecified atom stereocenters.